The first-order valence-electron chi connectivity index (χ1n) is 10.7. The maximum atomic E-state index is 14.0. The van der Waals surface area contributed by atoms with Crippen LogP contribution >= 0.6 is 0 Å². The molecule has 2 heterocycles. The Balaban J connectivity index is 1.62. The van der Waals surface area contributed by atoms with Crippen LogP contribution in [0, 0.1) is 11.6 Å². The summed E-state index contributed by atoms with van der Waals surface area (Å²) in [6.07, 6.45) is 2.60. The van der Waals surface area contributed by atoms with Crippen molar-refractivity contribution in [2.24, 2.45) is 0 Å². The minimum atomic E-state index is -0.499. The molecule has 1 aromatic heterocycles. The fourth-order valence-electron chi connectivity index (χ4n) is 4.26. The molecule has 0 radical (unpaired) electrons. The zero-order chi connectivity index (χ0) is 22.7. The van der Waals surface area contributed by atoms with Crippen LogP contribution in [0.15, 0.2) is 66.9 Å². The zero-order valence-electron chi connectivity index (χ0n) is 17.9. The number of halogens is 2. The Morgan fingerprint density at radius 2 is 1.75 bits per heavy atom. The van der Waals surface area contributed by atoms with E-state index in [1.165, 1.54) is 35.2 Å². The lowest BCUT2D eigenvalue weighted by atomic mass is 9.99. The van der Waals surface area contributed by atoms with Crippen molar-refractivity contribution in [3.63, 3.8) is 0 Å². The van der Waals surface area contributed by atoms with E-state index >= 15 is 0 Å². The minimum Gasteiger partial charge on any atom is -0.348 e. The molecule has 0 fully saturated rings. The van der Waals surface area contributed by atoms with Gasteiger partial charge in [0, 0.05) is 37.1 Å². The molecule has 1 aliphatic rings. The molecule has 0 N–H and O–H groups in total. The number of rotatable bonds is 6. The quantitative estimate of drug-likeness (QED) is 0.579. The van der Waals surface area contributed by atoms with E-state index < -0.39 is 11.9 Å². The van der Waals surface area contributed by atoms with Gasteiger partial charge in [0.1, 0.15) is 18.2 Å². The van der Waals surface area contributed by atoms with Crippen LogP contribution in [0.3, 0.4) is 0 Å². The molecule has 4 rings (SSSR count). The molecule has 0 aliphatic carbocycles. The van der Waals surface area contributed by atoms with Gasteiger partial charge < -0.3 is 14.4 Å². The molecule has 32 heavy (non-hydrogen) atoms. The standard InChI is InChI=1S/C25H25F2N3O2/c1-2-11-29(25(32)19-7-4-9-21(27)16-19)17-23(31)30-14-13-28-12-5-10-22(28)24(30)18-6-3-8-20(26)15-18/h3-10,12,15-16,24H,2,11,13-14,17H2,1H3/t24-/m1/s1. The van der Waals surface area contributed by atoms with Crippen molar-refractivity contribution in [1.82, 2.24) is 14.4 Å². The van der Waals surface area contributed by atoms with Gasteiger partial charge in [0.15, 0.2) is 0 Å². The summed E-state index contributed by atoms with van der Waals surface area (Å²) in [5.41, 5.74) is 1.78. The third kappa shape index (κ3) is 4.42. The third-order valence-electron chi connectivity index (χ3n) is 5.70. The maximum absolute atomic E-state index is 14.0. The Bertz CT molecular complexity index is 1130. The monoisotopic (exact) mass is 437 g/mol. The number of carbonyl (C=O) groups is 2. The molecule has 0 saturated carbocycles. The van der Waals surface area contributed by atoms with Gasteiger partial charge in [-0.3, -0.25) is 9.59 Å². The fourth-order valence-corrected chi connectivity index (χ4v) is 4.26. The van der Waals surface area contributed by atoms with Gasteiger partial charge in [-0.1, -0.05) is 25.1 Å². The Labute approximate surface area is 185 Å². The van der Waals surface area contributed by atoms with Gasteiger partial charge in [-0.25, -0.2) is 8.78 Å². The molecule has 0 bridgehead atoms. The Hall–Kier alpha value is -3.48. The number of aromatic nitrogens is 1. The maximum Gasteiger partial charge on any atom is 0.254 e. The molecule has 1 atom stereocenters. The number of hydrogen-bond donors (Lipinski definition) is 0. The third-order valence-corrected chi connectivity index (χ3v) is 5.70. The summed E-state index contributed by atoms with van der Waals surface area (Å²) in [5.74, 6) is -1.48. The largest absolute Gasteiger partial charge is 0.348 e. The SMILES string of the molecule is CCCN(CC(=O)N1CCn2cccc2[C@H]1c1cccc(F)c1)C(=O)c1cccc(F)c1. The predicted molar refractivity (Wildman–Crippen MR) is 117 cm³/mol. The Morgan fingerprint density at radius 1 is 1.00 bits per heavy atom. The summed E-state index contributed by atoms with van der Waals surface area (Å²) < 4.78 is 29.7. The van der Waals surface area contributed by atoms with Gasteiger partial charge in [-0.15, -0.1) is 0 Å². The Morgan fingerprint density at radius 3 is 2.47 bits per heavy atom. The highest BCUT2D eigenvalue weighted by atomic mass is 19.1. The number of hydrogen-bond acceptors (Lipinski definition) is 2. The molecule has 1 aliphatic heterocycles. The first-order chi connectivity index (χ1) is 15.5. The average Bonchev–Trinajstić information content (AvgIpc) is 3.26. The van der Waals surface area contributed by atoms with Gasteiger partial charge >= 0.3 is 0 Å². The topological polar surface area (TPSA) is 45.6 Å². The summed E-state index contributed by atoms with van der Waals surface area (Å²) in [7, 11) is 0. The van der Waals surface area contributed by atoms with E-state index in [-0.39, 0.29) is 29.7 Å². The van der Waals surface area contributed by atoms with E-state index in [4.69, 9.17) is 0 Å². The lowest BCUT2D eigenvalue weighted by Crippen LogP contribution is -2.48. The minimum absolute atomic E-state index is 0.129. The van der Waals surface area contributed by atoms with Gasteiger partial charge in [0.25, 0.3) is 5.91 Å². The molecule has 0 saturated heterocycles. The normalized spacial score (nSPS) is 15.3. The molecule has 3 aromatic rings. The van der Waals surface area contributed by atoms with Crippen LogP contribution in [0.25, 0.3) is 0 Å². The second kappa shape index (κ2) is 9.34. The first-order valence-corrected chi connectivity index (χ1v) is 10.7. The lowest BCUT2D eigenvalue weighted by Gasteiger charge is -2.38. The fraction of sp³-hybridized carbons (Fsp3) is 0.280. The average molecular weight is 437 g/mol. The van der Waals surface area contributed by atoms with Crippen molar-refractivity contribution in [3.8, 4) is 0 Å². The molecular formula is C25H25F2N3O2. The van der Waals surface area contributed by atoms with E-state index in [0.717, 1.165) is 5.69 Å². The predicted octanol–water partition coefficient (Wildman–Crippen LogP) is 4.25. The number of fused-ring (bicyclic) bond motifs is 1. The van der Waals surface area contributed by atoms with Crippen molar-refractivity contribution in [2.45, 2.75) is 25.9 Å². The second-order valence-corrected chi connectivity index (χ2v) is 7.91. The summed E-state index contributed by atoms with van der Waals surface area (Å²) >= 11 is 0. The van der Waals surface area contributed by atoms with Crippen LogP contribution in [0.5, 0.6) is 0 Å². The number of carbonyl (C=O) groups excluding carboxylic acids is 2. The molecular weight excluding hydrogens is 412 g/mol. The molecule has 0 spiro atoms. The van der Waals surface area contributed by atoms with Crippen LogP contribution in [0.1, 0.15) is 41.0 Å². The van der Waals surface area contributed by atoms with E-state index in [2.05, 4.69) is 4.57 Å². The summed E-state index contributed by atoms with van der Waals surface area (Å²) in [6.45, 7) is 3.21. The molecule has 5 nitrogen and oxygen atoms in total. The Kier molecular flexibility index (Phi) is 6.35. The highest BCUT2D eigenvalue weighted by Gasteiger charge is 2.33. The van der Waals surface area contributed by atoms with E-state index in [1.54, 1.807) is 23.1 Å². The number of nitrogens with zero attached hydrogens (tertiary/aromatic N) is 3. The van der Waals surface area contributed by atoms with Crippen LogP contribution in [-0.4, -0.2) is 45.8 Å². The smallest absolute Gasteiger partial charge is 0.254 e. The van der Waals surface area contributed by atoms with Crippen molar-refractivity contribution in [3.05, 3.63) is 95.3 Å². The summed E-state index contributed by atoms with van der Waals surface area (Å²) in [4.78, 5) is 29.6. The van der Waals surface area contributed by atoms with Crippen LogP contribution < -0.4 is 0 Å². The molecule has 2 amide bonds. The van der Waals surface area contributed by atoms with Crippen LogP contribution in [-0.2, 0) is 11.3 Å². The first kappa shape index (κ1) is 21.7. The highest BCUT2D eigenvalue weighted by Crippen LogP contribution is 2.33. The molecule has 2 aromatic carbocycles. The van der Waals surface area contributed by atoms with E-state index in [0.29, 0.717) is 31.6 Å². The van der Waals surface area contributed by atoms with Crippen molar-refractivity contribution < 1.29 is 18.4 Å². The number of amides is 2. The van der Waals surface area contributed by atoms with Gasteiger partial charge in [-0.2, -0.15) is 0 Å². The second-order valence-electron chi connectivity index (χ2n) is 7.91. The van der Waals surface area contributed by atoms with Crippen molar-refractivity contribution in [1.29, 1.82) is 0 Å². The number of benzene rings is 2. The van der Waals surface area contributed by atoms with Gasteiger partial charge in [-0.05, 0) is 54.4 Å². The zero-order valence-corrected chi connectivity index (χ0v) is 17.9. The summed E-state index contributed by atoms with van der Waals surface area (Å²) in [5, 5.41) is 0. The van der Waals surface area contributed by atoms with Crippen molar-refractivity contribution >= 4 is 11.8 Å². The van der Waals surface area contributed by atoms with Crippen molar-refractivity contribution in [2.75, 3.05) is 19.6 Å². The van der Waals surface area contributed by atoms with Crippen LogP contribution in [0.4, 0.5) is 8.78 Å². The molecule has 7 heteroatoms. The van der Waals surface area contributed by atoms with E-state index in [1.807, 2.05) is 25.3 Å². The van der Waals surface area contributed by atoms with Gasteiger partial charge in [0.2, 0.25) is 5.91 Å². The van der Waals surface area contributed by atoms with Gasteiger partial charge in [0.05, 0.1) is 6.04 Å². The lowest BCUT2D eigenvalue weighted by molar-refractivity contribution is -0.134. The molecule has 166 valence electrons. The van der Waals surface area contributed by atoms with Crippen LogP contribution in [0.2, 0.25) is 0 Å². The molecule has 0 unspecified atom stereocenters. The summed E-state index contributed by atoms with van der Waals surface area (Å²) in [6, 6.07) is 15.1. The van der Waals surface area contributed by atoms with E-state index in [9.17, 15) is 18.4 Å². The highest BCUT2D eigenvalue weighted by molar-refractivity contribution is 5.96.